The van der Waals surface area contributed by atoms with Crippen LogP contribution in [-0.2, 0) is 10.0 Å². The van der Waals surface area contributed by atoms with Crippen LogP contribution in [0.4, 0.5) is 14.5 Å². The van der Waals surface area contributed by atoms with E-state index in [1.54, 1.807) is 0 Å². The van der Waals surface area contributed by atoms with Crippen molar-refractivity contribution in [3.8, 4) is 0 Å². The third-order valence-electron chi connectivity index (χ3n) is 3.42. The number of halogens is 2. The van der Waals surface area contributed by atoms with E-state index in [0.717, 1.165) is 37.8 Å². The molecular weight excluding hydrogens is 274 g/mol. The van der Waals surface area contributed by atoms with Crippen LogP contribution in [0.25, 0.3) is 0 Å². The smallest absolute Gasteiger partial charge is 0.243 e. The Morgan fingerprint density at radius 1 is 1.26 bits per heavy atom. The van der Waals surface area contributed by atoms with Crippen molar-refractivity contribution < 1.29 is 17.2 Å². The maximum Gasteiger partial charge on any atom is 0.243 e. The maximum atomic E-state index is 13.7. The van der Waals surface area contributed by atoms with Crippen molar-refractivity contribution in [2.75, 3.05) is 12.3 Å². The van der Waals surface area contributed by atoms with Gasteiger partial charge in [0, 0.05) is 6.54 Å². The van der Waals surface area contributed by atoms with Crippen LogP contribution in [0.2, 0.25) is 0 Å². The number of nitrogens with one attached hydrogen (secondary N) is 1. The van der Waals surface area contributed by atoms with Crippen molar-refractivity contribution >= 4 is 15.7 Å². The molecular formula is C12H16F2N2O2S. The minimum Gasteiger partial charge on any atom is -0.394 e. The number of rotatable bonds is 4. The van der Waals surface area contributed by atoms with Gasteiger partial charge in [0.25, 0.3) is 0 Å². The number of nitrogen functional groups attached to an aromatic ring is 1. The number of anilines is 1. The highest BCUT2D eigenvalue weighted by Gasteiger charge is 2.24. The Morgan fingerprint density at radius 2 is 1.89 bits per heavy atom. The lowest BCUT2D eigenvalue weighted by Gasteiger charge is -2.12. The van der Waals surface area contributed by atoms with E-state index in [1.807, 2.05) is 0 Å². The van der Waals surface area contributed by atoms with E-state index >= 15 is 0 Å². The van der Waals surface area contributed by atoms with Crippen LogP contribution in [0, 0.1) is 17.6 Å². The lowest BCUT2D eigenvalue weighted by molar-refractivity contribution is 0.512. The van der Waals surface area contributed by atoms with Crippen molar-refractivity contribution in [3.63, 3.8) is 0 Å². The normalized spacial score (nSPS) is 16.9. The largest absolute Gasteiger partial charge is 0.394 e. The van der Waals surface area contributed by atoms with Gasteiger partial charge in [-0.25, -0.2) is 21.9 Å². The number of hydrogen-bond donors (Lipinski definition) is 2. The summed E-state index contributed by atoms with van der Waals surface area (Å²) >= 11 is 0. The third kappa shape index (κ3) is 3.03. The van der Waals surface area contributed by atoms with E-state index < -0.39 is 32.2 Å². The molecule has 1 aliphatic rings. The zero-order valence-electron chi connectivity index (χ0n) is 10.3. The van der Waals surface area contributed by atoms with E-state index in [-0.39, 0.29) is 12.5 Å². The van der Waals surface area contributed by atoms with Gasteiger partial charge in [0.15, 0.2) is 5.82 Å². The van der Waals surface area contributed by atoms with Gasteiger partial charge in [0.2, 0.25) is 10.0 Å². The summed E-state index contributed by atoms with van der Waals surface area (Å²) in [5, 5.41) is 0. The van der Waals surface area contributed by atoms with Gasteiger partial charge in [-0.15, -0.1) is 0 Å². The highest BCUT2D eigenvalue weighted by Crippen LogP contribution is 2.26. The van der Waals surface area contributed by atoms with Crippen LogP contribution >= 0.6 is 0 Å². The van der Waals surface area contributed by atoms with Crippen LogP contribution in [0.5, 0.6) is 0 Å². The average molecular weight is 290 g/mol. The van der Waals surface area contributed by atoms with E-state index in [1.165, 1.54) is 0 Å². The second-order valence-electron chi connectivity index (χ2n) is 4.78. The SMILES string of the molecule is Nc1c(F)ccc(S(=O)(=O)NCC2CCCC2)c1F. The van der Waals surface area contributed by atoms with Gasteiger partial charge >= 0.3 is 0 Å². The Balaban J connectivity index is 2.17. The summed E-state index contributed by atoms with van der Waals surface area (Å²) in [6.45, 7) is 0.277. The minimum absolute atomic E-state index is 0.277. The summed E-state index contributed by atoms with van der Waals surface area (Å²) in [6.07, 6.45) is 4.11. The molecule has 1 saturated carbocycles. The summed E-state index contributed by atoms with van der Waals surface area (Å²) in [6, 6.07) is 1.74. The molecule has 0 aliphatic heterocycles. The quantitative estimate of drug-likeness (QED) is 0.833. The Bertz CT molecular complexity index is 569. The first-order valence-electron chi connectivity index (χ1n) is 6.15. The number of hydrogen-bond acceptors (Lipinski definition) is 3. The van der Waals surface area contributed by atoms with E-state index in [0.29, 0.717) is 0 Å². The lowest BCUT2D eigenvalue weighted by Crippen LogP contribution is -2.29. The van der Waals surface area contributed by atoms with Gasteiger partial charge in [-0.3, -0.25) is 0 Å². The Kier molecular flexibility index (Phi) is 4.05. The van der Waals surface area contributed by atoms with E-state index in [4.69, 9.17) is 5.73 Å². The molecule has 4 nitrogen and oxygen atoms in total. The maximum absolute atomic E-state index is 13.7. The topological polar surface area (TPSA) is 72.2 Å². The molecule has 0 saturated heterocycles. The average Bonchev–Trinajstić information content (AvgIpc) is 2.86. The zero-order valence-corrected chi connectivity index (χ0v) is 11.1. The second kappa shape index (κ2) is 5.42. The number of sulfonamides is 1. The van der Waals surface area contributed by atoms with Crippen molar-refractivity contribution in [1.82, 2.24) is 4.72 Å². The second-order valence-corrected chi connectivity index (χ2v) is 6.51. The molecule has 0 spiro atoms. The molecule has 1 aromatic rings. The van der Waals surface area contributed by atoms with Gasteiger partial charge in [-0.05, 0) is 30.9 Å². The highest BCUT2D eigenvalue weighted by molar-refractivity contribution is 7.89. The Hall–Kier alpha value is -1.21. The highest BCUT2D eigenvalue weighted by atomic mass is 32.2. The molecule has 1 aromatic carbocycles. The Labute approximate surface area is 111 Å². The minimum atomic E-state index is -3.99. The molecule has 0 unspecified atom stereocenters. The van der Waals surface area contributed by atoms with Gasteiger partial charge in [-0.2, -0.15) is 0 Å². The van der Waals surface area contributed by atoms with Crippen LogP contribution in [0.3, 0.4) is 0 Å². The summed E-state index contributed by atoms with van der Waals surface area (Å²) in [5.41, 5.74) is 4.38. The molecule has 106 valence electrons. The van der Waals surface area contributed by atoms with Gasteiger partial charge in [0.05, 0.1) is 0 Å². The monoisotopic (exact) mass is 290 g/mol. The fourth-order valence-electron chi connectivity index (χ4n) is 2.28. The number of nitrogens with two attached hydrogens (primary N) is 1. The van der Waals surface area contributed by atoms with Crippen LogP contribution < -0.4 is 10.5 Å². The van der Waals surface area contributed by atoms with Crippen LogP contribution in [0.1, 0.15) is 25.7 Å². The molecule has 0 amide bonds. The third-order valence-corrected chi connectivity index (χ3v) is 4.86. The fourth-order valence-corrected chi connectivity index (χ4v) is 3.48. The first kappa shape index (κ1) is 14.2. The van der Waals surface area contributed by atoms with Gasteiger partial charge in [0.1, 0.15) is 16.4 Å². The van der Waals surface area contributed by atoms with Crippen LogP contribution in [0.15, 0.2) is 17.0 Å². The van der Waals surface area contributed by atoms with Crippen molar-refractivity contribution in [3.05, 3.63) is 23.8 Å². The summed E-state index contributed by atoms with van der Waals surface area (Å²) in [4.78, 5) is -0.607. The molecule has 2 rings (SSSR count). The first-order chi connectivity index (χ1) is 8.92. The molecule has 0 heterocycles. The first-order valence-corrected chi connectivity index (χ1v) is 7.63. The summed E-state index contributed by atoms with van der Waals surface area (Å²) in [7, 11) is -3.99. The molecule has 3 N–H and O–H groups in total. The van der Waals surface area contributed by atoms with Crippen molar-refractivity contribution in [1.29, 1.82) is 0 Å². The molecule has 1 fully saturated rings. The number of benzene rings is 1. The molecule has 0 radical (unpaired) electrons. The molecule has 1 aliphatic carbocycles. The van der Waals surface area contributed by atoms with Crippen molar-refractivity contribution in [2.24, 2.45) is 5.92 Å². The lowest BCUT2D eigenvalue weighted by atomic mass is 10.1. The fraction of sp³-hybridized carbons (Fsp3) is 0.500. The van der Waals surface area contributed by atoms with E-state index in [9.17, 15) is 17.2 Å². The summed E-state index contributed by atoms with van der Waals surface area (Å²) in [5.74, 6) is -1.92. The van der Waals surface area contributed by atoms with Crippen molar-refractivity contribution in [2.45, 2.75) is 30.6 Å². The predicted molar refractivity (Wildman–Crippen MR) is 67.9 cm³/mol. The van der Waals surface area contributed by atoms with E-state index in [2.05, 4.69) is 4.72 Å². The van der Waals surface area contributed by atoms with Gasteiger partial charge < -0.3 is 5.73 Å². The predicted octanol–water partition coefficient (Wildman–Crippen LogP) is 2.02. The standard InChI is InChI=1S/C12H16F2N2O2S/c13-9-5-6-10(11(14)12(9)15)19(17,18)16-7-8-3-1-2-4-8/h5-6,8,16H,1-4,7,15H2. The van der Waals surface area contributed by atoms with Crippen LogP contribution in [-0.4, -0.2) is 15.0 Å². The molecule has 0 aromatic heterocycles. The molecule has 7 heteroatoms. The summed E-state index contributed by atoms with van der Waals surface area (Å²) < 4.78 is 52.9. The molecule has 19 heavy (non-hydrogen) atoms. The zero-order chi connectivity index (χ0) is 14.0. The molecule has 0 atom stereocenters. The Morgan fingerprint density at radius 3 is 2.53 bits per heavy atom. The molecule has 0 bridgehead atoms. The van der Waals surface area contributed by atoms with Gasteiger partial charge in [-0.1, -0.05) is 12.8 Å².